The Morgan fingerprint density at radius 3 is 2.78 bits per heavy atom. The van der Waals surface area contributed by atoms with Crippen molar-refractivity contribution in [2.45, 2.75) is 19.4 Å². The van der Waals surface area contributed by atoms with Gasteiger partial charge in [0.25, 0.3) is 0 Å². The third-order valence-corrected chi connectivity index (χ3v) is 2.70. The summed E-state index contributed by atoms with van der Waals surface area (Å²) >= 11 is 1.07. The number of anilines is 1. The molecule has 1 heterocycles. The summed E-state index contributed by atoms with van der Waals surface area (Å²) in [5.41, 5.74) is 0. The number of ether oxygens (including phenoxy) is 1. The van der Waals surface area contributed by atoms with Gasteiger partial charge in [-0.15, -0.1) is 0 Å². The van der Waals surface area contributed by atoms with Crippen LogP contribution in [-0.2, 0) is 9.53 Å². The molecule has 0 saturated carbocycles. The molecule has 0 aromatic carbocycles. The van der Waals surface area contributed by atoms with Gasteiger partial charge in [-0.1, -0.05) is 0 Å². The normalized spacial score (nSPS) is 11.9. The molecule has 0 aliphatic rings. The number of carboxylic acid groups (broad SMARTS) is 1. The fraction of sp³-hybridized carbons (Fsp3) is 0.556. The highest BCUT2D eigenvalue weighted by Crippen LogP contribution is 2.09. The number of aromatic nitrogens is 2. The minimum Gasteiger partial charge on any atom is -0.481 e. The molecule has 100 valence electrons. The average molecular weight is 274 g/mol. The molecule has 18 heavy (non-hydrogen) atoms. The van der Waals surface area contributed by atoms with Crippen LogP contribution < -0.4 is 10.6 Å². The van der Waals surface area contributed by atoms with Crippen molar-refractivity contribution in [3.63, 3.8) is 0 Å². The molecule has 1 atom stereocenters. The van der Waals surface area contributed by atoms with E-state index in [2.05, 4.69) is 20.0 Å². The predicted molar refractivity (Wildman–Crippen MR) is 64.7 cm³/mol. The first kappa shape index (κ1) is 14.3. The number of hydrogen-bond donors (Lipinski definition) is 3. The van der Waals surface area contributed by atoms with Crippen molar-refractivity contribution in [3.8, 4) is 0 Å². The number of aliphatic carboxylic acids is 1. The second-order valence-electron chi connectivity index (χ2n) is 3.44. The van der Waals surface area contributed by atoms with Crippen LogP contribution in [0.4, 0.5) is 9.93 Å². The van der Waals surface area contributed by atoms with E-state index >= 15 is 0 Å². The zero-order chi connectivity index (χ0) is 13.5. The van der Waals surface area contributed by atoms with Crippen molar-refractivity contribution in [2.24, 2.45) is 0 Å². The molecule has 9 heteroatoms. The highest BCUT2D eigenvalue weighted by Gasteiger charge is 2.14. The summed E-state index contributed by atoms with van der Waals surface area (Å²) in [6.45, 7) is 1.82. The molecule has 0 spiro atoms. The summed E-state index contributed by atoms with van der Waals surface area (Å²) in [6.07, 6.45) is -0.737. The number of nitrogens with zero attached hydrogens (tertiary/aromatic N) is 2. The van der Waals surface area contributed by atoms with Gasteiger partial charge in [0.05, 0.1) is 12.5 Å². The van der Waals surface area contributed by atoms with E-state index in [9.17, 15) is 9.59 Å². The zero-order valence-corrected chi connectivity index (χ0v) is 10.8. The monoisotopic (exact) mass is 274 g/mol. The lowest BCUT2D eigenvalue weighted by Gasteiger charge is -2.13. The molecule has 1 unspecified atom stereocenters. The predicted octanol–water partition coefficient (Wildman–Crippen LogP) is 0.458. The Morgan fingerprint density at radius 2 is 2.28 bits per heavy atom. The number of urea groups is 1. The summed E-state index contributed by atoms with van der Waals surface area (Å²) in [5, 5.41) is 14.0. The Kier molecular flexibility index (Phi) is 5.46. The number of amides is 2. The molecular weight excluding hydrogens is 260 g/mol. The second kappa shape index (κ2) is 6.87. The van der Waals surface area contributed by atoms with E-state index in [4.69, 9.17) is 9.84 Å². The molecule has 0 radical (unpaired) electrons. The molecule has 0 aliphatic carbocycles. The smallest absolute Gasteiger partial charge is 0.321 e. The molecule has 0 aliphatic heterocycles. The third-order valence-electron chi connectivity index (χ3n) is 1.97. The SMILES string of the molecule is COC(CNC(=O)Nc1nc(C)ns1)CC(=O)O. The van der Waals surface area contributed by atoms with Crippen LogP contribution in [-0.4, -0.2) is 46.2 Å². The number of methoxy groups -OCH3 is 1. The average Bonchev–Trinajstić information content (AvgIpc) is 2.69. The van der Waals surface area contributed by atoms with Gasteiger partial charge in [-0.2, -0.15) is 4.37 Å². The zero-order valence-electron chi connectivity index (χ0n) is 9.97. The number of nitrogens with one attached hydrogen (secondary N) is 2. The molecule has 0 bridgehead atoms. The van der Waals surface area contributed by atoms with Crippen molar-refractivity contribution in [3.05, 3.63) is 5.82 Å². The molecule has 3 N–H and O–H groups in total. The van der Waals surface area contributed by atoms with Gasteiger partial charge in [0, 0.05) is 25.2 Å². The standard InChI is InChI=1S/C9H14N4O4S/c1-5-11-9(18-13-5)12-8(16)10-4-6(17-2)3-7(14)15/h6H,3-4H2,1-2H3,(H,14,15)(H2,10,11,12,13,16). The van der Waals surface area contributed by atoms with Gasteiger partial charge in [-0.3, -0.25) is 10.1 Å². The quantitative estimate of drug-likeness (QED) is 0.694. The van der Waals surface area contributed by atoms with Crippen LogP contribution in [0, 0.1) is 6.92 Å². The Hall–Kier alpha value is -1.74. The Balaban J connectivity index is 2.33. The fourth-order valence-corrected chi connectivity index (χ4v) is 1.70. The first-order chi connectivity index (χ1) is 8.51. The van der Waals surface area contributed by atoms with Gasteiger partial charge >= 0.3 is 12.0 Å². The molecule has 1 rings (SSSR count). The van der Waals surface area contributed by atoms with Crippen LogP contribution in [0.25, 0.3) is 0 Å². The summed E-state index contributed by atoms with van der Waals surface area (Å²) < 4.78 is 8.82. The van der Waals surface area contributed by atoms with Crippen LogP contribution in [0.5, 0.6) is 0 Å². The van der Waals surface area contributed by atoms with Crippen LogP contribution >= 0.6 is 11.5 Å². The van der Waals surface area contributed by atoms with E-state index in [-0.39, 0.29) is 13.0 Å². The minimum absolute atomic E-state index is 0.104. The van der Waals surface area contributed by atoms with E-state index in [1.165, 1.54) is 7.11 Å². The number of carbonyl (C=O) groups excluding carboxylic acids is 1. The van der Waals surface area contributed by atoms with E-state index in [0.717, 1.165) is 11.5 Å². The second-order valence-corrected chi connectivity index (χ2v) is 4.19. The van der Waals surface area contributed by atoms with Crippen molar-refractivity contribution in [2.75, 3.05) is 19.0 Å². The van der Waals surface area contributed by atoms with E-state index in [1.54, 1.807) is 6.92 Å². The maximum Gasteiger partial charge on any atom is 0.321 e. The Labute approximate surface area is 108 Å². The largest absolute Gasteiger partial charge is 0.481 e. The minimum atomic E-state index is -0.983. The highest BCUT2D eigenvalue weighted by molar-refractivity contribution is 7.09. The Bertz CT molecular complexity index is 422. The van der Waals surface area contributed by atoms with Crippen molar-refractivity contribution < 1.29 is 19.4 Å². The lowest BCUT2D eigenvalue weighted by Crippen LogP contribution is -2.37. The van der Waals surface area contributed by atoms with E-state index < -0.39 is 18.1 Å². The molecule has 1 aromatic rings. The fourth-order valence-electron chi connectivity index (χ4n) is 1.13. The van der Waals surface area contributed by atoms with Gasteiger partial charge in [0.1, 0.15) is 5.82 Å². The van der Waals surface area contributed by atoms with Gasteiger partial charge in [-0.05, 0) is 6.92 Å². The van der Waals surface area contributed by atoms with Crippen LogP contribution in [0.1, 0.15) is 12.2 Å². The molecular formula is C9H14N4O4S. The van der Waals surface area contributed by atoms with Crippen LogP contribution in [0.2, 0.25) is 0 Å². The van der Waals surface area contributed by atoms with Crippen LogP contribution in [0.15, 0.2) is 0 Å². The maximum atomic E-state index is 11.4. The number of rotatable bonds is 6. The lowest BCUT2D eigenvalue weighted by molar-refractivity contribution is -0.139. The van der Waals surface area contributed by atoms with Crippen molar-refractivity contribution in [1.82, 2.24) is 14.7 Å². The molecule has 2 amide bonds. The van der Waals surface area contributed by atoms with E-state index in [1.807, 2.05) is 0 Å². The summed E-state index contributed by atoms with van der Waals surface area (Å²) in [5.74, 6) is -0.403. The lowest BCUT2D eigenvalue weighted by atomic mass is 10.2. The molecule has 0 fully saturated rings. The first-order valence-corrected chi connectivity index (χ1v) is 5.88. The maximum absolute atomic E-state index is 11.4. The number of carbonyl (C=O) groups is 2. The van der Waals surface area contributed by atoms with Crippen LogP contribution in [0.3, 0.4) is 0 Å². The molecule has 8 nitrogen and oxygen atoms in total. The van der Waals surface area contributed by atoms with Gasteiger partial charge in [-0.25, -0.2) is 9.78 Å². The topological polar surface area (TPSA) is 113 Å². The van der Waals surface area contributed by atoms with Crippen molar-refractivity contribution >= 4 is 28.7 Å². The highest BCUT2D eigenvalue weighted by atomic mass is 32.1. The molecule has 1 aromatic heterocycles. The van der Waals surface area contributed by atoms with Gasteiger partial charge in [0.2, 0.25) is 5.13 Å². The van der Waals surface area contributed by atoms with E-state index in [0.29, 0.717) is 11.0 Å². The third kappa shape index (κ3) is 5.06. The summed E-state index contributed by atoms with van der Waals surface area (Å²) in [7, 11) is 1.39. The molecule has 0 saturated heterocycles. The van der Waals surface area contributed by atoms with Crippen molar-refractivity contribution in [1.29, 1.82) is 0 Å². The summed E-state index contributed by atoms with van der Waals surface area (Å²) in [6, 6.07) is -0.474. The number of carboxylic acids is 1. The Morgan fingerprint density at radius 1 is 1.56 bits per heavy atom. The number of aryl methyl sites for hydroxylation is 1. The van der Waals surface area contributed by atoms with Gasteiger partial charge < -0.3 is 15.2 Å². The van der Waals surface area contributed by atoms with Gasteiger partial charge in [0.15, 0.2) is 0 Å². The summed E-state index contributed by atoms with van der Waals surface area (Å²) in [4.78, 5) is 25.9. The first-order valence-electron chi connectivity index (χ1n) is 5.11. The number of hydrogen-bond acceptors (Lipinski definition) is 6.